The van der Waals surface area contributed by atoms with Gasteiger partial charge in [0.2, 0.25) is 0 Å². The third-order valence-corrected chi connectivity index (χ3v) is 2.60. The van der Waals surface area contributed by atoms with Crippen LogP contribution in [0.1, 0.15) is 19.3 Å². The fraction of sp³-hybridized carbons (Fsp3) is 0.308. The predicted molar refractivity (Wildman–Crippen MR) is 69.3 cm³/mol. The van der Waals surface area contributed by atoms with Gasteiger partial charge < -0.3 is 14.8 Å². The molecule has 0 unspecified atom stereocenters. The molecular weight excluding hydrogens is 248 g/mol. The lowest BCUT2D eigenvalue weighted by Crippen LogP contribution is -2.05. The number of nitrogens with zero attached hydrogens (tertiary/aromatic N) is 1. The molecule has 6 nitrogen and oxygen atoms in total. The summed E-state index contributed by atoms with van der Waals surface area (Å²) in [5, 5.41) is 8.49. The Bertz CT molecular complexity index is 636. The zero-order valence-electron chi connectivity index (χ0n) is 10.3. The standard InChI is InChI=1S/C13H14N2O4/c16-12-8-14-11-7-9(4-5-10(11)15-12)19-6-2-1-3-13(17)18/h4-5,7-8H,1-3,6H2,(H,15,16)(H,17,18). The molecule has 2 rings (SSSR count). The number of benzene rings is 1. The van der Waals surface area contributed by atoms with Gasteiger partial charge in [-0.05, 0) is 25.0 Å². The molecule has 0 fully saturated rings. The third-order valence-electron chi connectivity index (χ3n) is 2.60. The van der Waals surface area contributed by atoms with Crippen LogP contribution in [-0.4, -0.2) is 27.7 Å². The Labute approximate surface area is 109 Å². The highest BCUT2D eigenvalue weighted by Gasteiger charge is 2.00. The lowest BCUT2D eigenvalue weighted by atomic mass is 10.2. The highest BCUT2D eigenvalue weighted by molar-refractivity contribution is 5.75. The maximum absolute atomic E-state index is 11.1. The van der Waals surface area contributed by atoms with Crippen LogP contribution in [0, 0.1) is 0 Å². The molecule has 0 bridgehead atoms. The van der Waals surface area contributed by atoms with Crippen molar-refractivity contribution in [1.82, 2.24) is 9.97 Å². The largest absolute Gasteiger partial charge is 0.494 e. The summed E-state index contributed by atoms with van der Waals surface area (Å²) in [6.07, 6.45) is 2.65. The van der Waals surface area contributed by atoms with Gasteiger partial charge >= 0.3 is 5.97 Å². The minimum atomic E-state index is -0.793. The van der Waals surface area contributed by atoms with Crippen molar-refractivity contribution in [3.8, 4) is 5.75 Å². The molecule has 2 N–H and O–H groups in total. The topological polar surface area (TPSA) is 92.3 Å². The number of carbonyl (C=O) groups is 1. The van der Waals surface area contributed by atoms with E-state index < -0.39 is 5.97 Å². The van der Waals surface area contributed by atoms with E-state index in [0.29, 0.717) is 36.2 Å². The highest BCUT2D eigenvalue weighted by Crippen LogP contribution is 2.16. The van der Waals surface area contributed by atoms with E-state index in [-0.39, 0.29) is 12.0 Å². The first-order chi connectivity index (χ1) is 9.15. The average molecular weight is 262 g/mol. The van der Waals surface area contributed by atoms with Crippen LogP contribution in [0.25, 0.3) is 11.0 Å². The van der Waals surface area contributed by atoms with Gasteiger partial charge in [0, 0.05) is 12.5 Å². The van der Waals surface area contributed by atoms with Crippen LogP contribution < -0.4 is 10.3 Å². The number of unbranched alkanes of at least 4 members (excludes halogenated alkanes) is 1. The number of fused-ring (bicyclic) bond motifs is 1. The Kier molecular flexibility index (Phi) is 4.12. The number of carboxylic acids is 1. The fourth-order valence-electron chi connectivity index (χ4n) is 1.68. The molecule has 2 aromatic rings. The molecule has 1 aromatic heterocycles. The van der Waals surface area contributed by atoms with Crippen LogP contribution in [0.4, 0.5) is 0 Å². The van der Waals surface area contributed by atoms with E-state index in [1.807, 2.05) is 0 Å². The lowest BCUT2D eigenvalue weighted by Gasteiger charge is -2.06. The zero-order valence-corrected chi connectivity index (χ0v) is 10.3. The van der Waals surface area contributed by atoms with Gasteiger partial charge in [-0.25, -0.2) is 4.98 Å². The average Bonchev–Trinajstić information content (AvgIpc) is 2.38. The van der Waals surface area contributed by atoms with Gasteiger partial charge in [0.05, 0.1) is 23.8 Å². The van der Waals surface area contributed by atoms with E-state index in [0.717, 1.165) is 0 Å². The summed E-state index contributed by atoms with van der Waals surface area (Å²) in [6, 6.07) is 5.22. The van der Waals surface area contributed by atoms with Gasteiger partial charge in [-0.2, -0.15) is 0 Å². The predicted octanol–water partition coefficient (Wildman–Crippen LogP) is 1.56. The number of nitrogens with one attached hydrogen (secondary N) is 1. The van der Waals surface area contributed by atoms with Gasteiger partial charge in [0.25, 0.3) is 5.56 Å². The SMILES string of the molecule is O=C(O)CCCCOc1ccc2[nH]c(=O)cnc2c1. The number of aromatic amines is 1. The molecule has 0 radical (unpaired) electrons. The van der Waals surface area contributed by atoms with E-state index in [1.54, 1.807) is 18.2 Å². The molecule has 100 valence electrons. The molecule has 1 heterocycles. The van der Waals surface area contributed by atoms with Gasteiger partial charge in [-0.15, -0.1) is 0 Å². The molecule has 0 spiro atoms. The smallest absolute Gasteiger partial charge is 0.303 e. The number of hydrogen-bond donors (Lipinski definition) is 2. The first kappa shape index (κ1) is 13.1. The molecule has 1 aromatic carbocycles. The van der Waals surface area contributed by atoms with Gasteiger partial charge in [-0.1, -0.05) is 0 Å². The van der Waals surface area contributed by atoms with Crippen LogP contribution in [0.15, 0.2) is 29.2 Å². The van der Waals surface area contributed by atoms with E-state index in [1.165, 1.54) is 6.20 Å². The lowest BCUT2D eigenvalue weighted by molar-refractivity contribution is -0.137. The monoisotopic (exact) mass is 262 g/mol. The summed E-state index contributed by atoms with van der Waals surface area (Å²) in [6.45, 7) is 0.460. The van der Waals surface area contributed by atoms with Crippen molar-refractivity contribution in [3.63, 3.8) is 0 Å². The Morgan fingerprint density at radius 3 is 3.00 bits per heavy atom. The van der Waals surface area contributed by atoms with Gasteiger partial charge in [-0.3, -0.25) is 9.59 Å². The van der Waals surface area contributed by atoms with Gasteiger partial charge in [0.15, 0.2) is 0 Å². The summed E-state index contributed by atoms with van der Waals surface area (Å²) < 4.78 is 5.50. The molecule has 0 aliphatic carbocycles. The quantitative estimate of drug-likeness (QED) is 0.771. The third kappa shape index (κ3) is 3.80. The molecule has 19 heavy (non-hydrogen) atoms. The first-order valence-electron chi connectivity index (χ1n) is 5.99. The van der Waals surface area contributed by atoms with Crippen molar-refractivity contribution < 1.29 is 14.6 Å². The Hall–Kier alpha value is -2.37. The number of aromatic nitrogens is 2. The van der Waals surface area contributed by atoms with Crippen molar-refractivity contribution in [2.75, 3.05) is 6.61 Å². The number of H-pyrrole nitrogens is 1. The van der Waals surface area contributed by atoms with Crippen LogP contribution in [0.5, 0.6) is 5.75 Å². The van der Waals surface area contributed by atoms with E-state index in [2.05, 4.69) is 9.97 Å². The van der Waals surface area contributed by atoms with Crippen LogP contribution in [-0.2, 0) is 4.79 Å². The second-order valence-corrected chi connectivity index (χ2v) is 4.13. The second kappa shape index (κ2) is 5.99. The van der Waals surface area contributed by atoms with Crippen molar-refractivity contribution >= 4 is 17.0 Å². The second-order valence-electron chi connectivity index (χ2n) is 4.13. The Balaban J connectivity index is 1.92. The summed E-state index contributed by atoms with van der Waals surface area (Å²) in [5.41, 5.74) is 1.07. The van der Waals surface area contributed by atoms with Crippen molar-refractivity contribution in [2.24, 2.45) is 0 Å². The van der Waals surface area contributed by atoms with E-state index in [9.17, 15) is 9.59 Å². The van der Waals surface area contributed by atoms with Crippen molar-refractivity contribution in [3.05, 3.63) is 34.7 Å². The van der Waals surface area contributed by atoms with Gasteiger partial charge in [0.1, 0.15) is 5.75 Å². The fourth-order valence-corrected chi connectivity index (χ4v) is 1.68. The molecule has 0 amide bonds. The molecule has 0 aliphatic heterocycles. The number of carboxylic acid groups (broad SMARTS) is 1. The molecule has 0 saturated carbocycles. The number of ether oxygens (including phenoxy) is 1. The Morgan fingerprint density at radius 2 is 2.21 bits per heavy atom. The number of hydrogen-bond acceptors (Lipinski definition) is 4. The highest BCUT2D eigenvalue weighted by atomic mass is 16.5. The maximum atomic E-state index is 11.1. The van der Waals surface area contributed by atoms with Crippen molar-refractivity contribution in [2.45, 2.75) is 19.3 Å². The van der Waals surface area contributed by atoms with E-state index >= 15 is 0 Å². The van der Waals surface area contributed by atoms with Crippen LogP contribution in [0.2, 0.25) is 0 Å². The van der Waals surface area contributed by atoms with Crippen molar-refractivity contribution in [1.29, 1.82) is 0 Å². The van der Waals surface area contributed by atoms with Crippen LogP contribution in [0.3, 0.4) is 0 Å². The minimum absolute atomic E-state index is 0.157. The molecule has 0 atom stereocenters. The van der Waals surface area contributed by atoms with E-state index in [4.69, 9.17) is 9.84 Å². The summed E-state index contributed by atoms with van der Waals surface area (Å²) in [4.78, 5) is 28.1. The number of rotatable bonds is 6. The first-order valence-corrected chi connectivity index (χ1v) is 5.99. The maximum Gasteiger partial charge on any atom is 0.303 e. The molecule has 0 aliphatic rings. The minimum Gasteiger partial charge on any atom is -0.494 e. The molecule has 6 heteroatoms. The summed E-state index contributed by atoms with van der Waals surface area (Å²) >= 11 is 0. The zero-order chi connectivity index (χ0) is 13.7. The summed E-state index contributed by atoms with van der Waals surface area (Å²) in [7, 11) is 0. The normalized spacial score (nSPS) is 10.5. The number of aliphatic carboxylic acids is 1. The molecule has 0 saturated heterocycles. The molecular formula is C13H14N2O4. The van der Waals surface area contributed by atoms with Crippen LogP contribution >= 0.6 is 0 Å². The Morgan fingerprint density at radius 1 is 1.37 bits per heavy atom. The summed E-state index contributed by atoms with van der Waals surface area (Å²) in [5.74, 6) is -0.138.